The van der Waals surface area contributed by atoms with E-state index in [0.717, 1.165) is 23.7 Å². The quantitative estimate of drug-likeness (QED) is 0.358. The summed E-state index contributed by atoms with van der Waals surface area (Å²) in [6.07, 6.45) is 0.888. The summed E-state index contributed by atoms with van der Waals surface area (Å²) in [4.78, 5) is 28.0. The molecule has 166 valence electrons. The Morgan fingerprint density at radius 1 is 0.742 bits per heavy atom. The van der Waals surface area contributed by atoms with Crippen molar-refractivity contribution in [2.75, 3.05) is 13.1 Å². The zero-order valence-electron chi connectivity index (χ0n) is 19.5. The molecule has 4 nitrogen and oxygen atoms in total. The van der Waals surface area contributed by atoms with Gasteiger partial charge in [-0.1, -0.05) is 52.0 Å². The van der Waals surface area contributed by atoms with Gasteiger partial charge in [-0.05, 0) is 66.7 Å². The molecule has 2 aromatic carbocycles. The molecular weight excluding hydrogens is 416 g/mol. The molecule has 0 N–H and O–H groups in total. The normalized spacial score (nSPS) is 20.1. The lowest BCUT2D eigenvalue weighted by Crippen LogP contribution is -2.60. The third kappa shape index (κ3) is 3.43. The summed E-state index contributed by atoms with van der Waals surface area (Å²) in [6.45, 7) is 11.2. The molecule has 0 unspecified atom stereocenters. The zero-order valence-corrected chi connectivity index (χ0v) is 21.5. The molecule has 0 aliphatic carbocycles. The van der Waals surface area contributed by atoms with Crippen molar-refractivity contribution < 1.29 is 9.59 Å². The van der Waals surface area contributed by atoms with Crippen LogP contribution in [-0.4, -0.2) is 50.5 Å². The highest BCUT2D eigenvalue weighted by molar-refractivity contribution is 6.97. The predicted octanol–water partition coefficient (Wildman–Crippen LogP) is 6.11. The maximum Gasteiger partial charge on any atom is 0.261 e. The topological polar surface area (TPSA) is 40.6 Å². The van der Waals surface area contributed by atoms with Gasteiger partial charge in [-0.3, -0.25) is 14.5 Å². The molecule has 1 saturated heterocycles. The average Bonchev–Trinajstić information content (AvgIpc) is 3.13. The third-order valence-corrected chi connectivity index (χ3v) is 22.2. The van der Waals surface area contributed by atoms with Crippen LogP contribution >= 0.6 is 0 Å². The lowest BCUT2D eigenvalue weighted by atomic mass is 9.94. The van der Waals surface area contributed by atoms with Gasteiger partial charge in [-0.2, -0.15) is 0 Å². The fourth-order valence-electron chi connectivity index (χ4n) is 6.35. The molecule has 0 spiro atoms. The van der Waals surface area contributed by atoms with Crippen molar-refractivity contribution in [3.63, 3.8) is 0 Å². The van der Waals surface area contributed by atoms with Gasteiger partial charge in [0.25, 0.3) is 11.8 Å². The number of rotatable bonds is 8. The van der Waals surface area contributed by atoms with Crippen molar-refractivity contribution in [2.45, 2.75) is 70.4 Å². The Balaban J connectivity index is 1.55. The number of nitrogens with zero attached hydrogens (tertiary/aromatic N) is 2. The molecule has 31 heavy (non-hydrogen) atoms. The van der Waals surface area contributed by atoms with E-state index in [1.54, 1.807) is 0 Å². The van der Waals surface area contributed by atoms with E-state index in [-0.39, 0.29) is 11.8 Å². The van der Waals surface area contributed by atoms with Crippen molar-refractivity contribution in [2.24, 2.45) is 0 Å². The van der Waals surface area contributed by atoms with Gasteiger partial charge in [0.15, 0.2) is 0 Å². The van der Waals surface area contributed by atoms with E-state index >= 15 is 0 Å². The fourth-order valence-corrected chi connectivity index (χ4v) is 22.4. The van der Waals surface area contributed by atoms with E-state index in [0.29, 0.717) is 17.7 Å². The molecule has 1 fully saturated rings. The van der Waals surface area contributed by atoms with E-state index in [9.17, 15) is 9.59 Å². The first-order valence-electron chi connectivity index (χ1n) is 12.1. The van der Waals surface area contributed by atoms with Crippen molar-refractivity contribution in [1.82, 2.24) is 9.13 Å². The highest BCUT2D eigenvalue weighted by atomic mass is 28.4. The fraction of sp³-hybridized carbons (Fsp3) is 0.520. The van der Waals surface area contributed by atoms with Gasteiger partial charge in [0.2, 0.25) is 0 Å². The number of hydrogen-bond acceptors (Lipinski definition) is 3. The molecule has 2 aliphatic heterocycles. The van der Waals surface area contributed by atoms with Crippen molar-refractivity contribution in [3.05, 3.63) is 47.5 Å². The van der Waals surface area contributed by atoms with E-state index in [4.69, 9.17) is 0 Å². The molecule has 0 saturated carbocycles. The second-order valence-corrected chi connectivity index (χ2v) is 19.6. The van der Waals surface area contributed by atoms with Crippen LogP contribution in [0.5, 0.6) is 0 Å². The Bertz CT molecular complexity index is 927. The lowest BCUT2D eigenvalue weighted by molar-refractivity contribution is 0.0608. The summed E-state index contributed by atoms with van der Waals surface area (Å²) in [5.74, 6) is -0.251. The van der Waals surface area contributed by atoms with Gasteiger partial charge in [0.1, 0.15) is 16.5 Å². The summed E-state index contributed by atoms with van der Waals surface area (Å²) in [7, 11) is -2.80. The zero-order chi connectivity index (χ0) is 22.2. The molecule has 0 atom stereocenters. The molecule has 2 aliphatic rings. The SMILES string of the molecule is CC[Si]1(CC)CC[Si](CC)(CC)N1CCCN1C(=O)c2cccc3cccc(c23)C1=O. The van der Waals surface area contributed by atoms with E-state index < -0.39 is 16.5 Å². The molecule has 2 amide bonds. The van der Waals surface area contributed by atoms with Crippen LogP contribution in [0.15, 0.2) is 36.4 Å². The van der Waals surface area contributed by atoms with Crippen molar-refractivity contribution in [1.29, 1.82) is 0 Å². The van der Waals surface area contributed by atoms with Crippen molar-refractivity contribution in [3.8, 4) is 0 Å². The van der Waals surface area contributed by atoms with Crippen LogP contribution in [0.4, 0.5) is 0 Å². The minimum atomic E-state index is -1.40. The van der Waals surface area contributed by atoms with Gasteiger partial charge in [-0.15, -0.1) is 0 Å². The third-order valence-electron chi connectivity index (χ3n) is 8.45. The van der Waals surface area contributed by atoms with Crippen molar-refractivity contribution >= 4 is 39.1 Å². The van der Waals surface area contributed by atoms with Gasteiger partial charge >= 0.3 is 0 Å². The summed E-state index contributed by atoms with van der Waals surface area (Å²) in [5, 5.41) is 1.79. The molecule has 0 radical (unpaired) electrons. The van der Waals surface area contributed by atoms with Gasteiger partial charge in [-0.25, -0.2) is 0 Å². The van der Waals surface area contributed by atoms with Gasteiger partial charge in [0, 0.05) is 23.1 Å². The summed E-state index contributed by atoms with van der Waals surface area (Å²) in [5.41, 5.74) is 1.34. The van der Waals surface area contributed by atoms with Crippen LogP contribution in [0.2, 0.25) is 36.3 Å². The molecule has 4 rings (SSSR count). The Kier molecular flexibility index (Phi) is 6.25. The number of hydrogen-bond donors (Lipinski definition) is 0. The standard InChI is InChI=1S/C25H36N2O2Si2/c1-5-30(6-2)18-19-31(7-3,8-4)27(30)17-11-16-26-24(28)21-14-9-12-20-13-10-15-22(23(20)21)25(26)29/h9-10,12-15H,5-8,11,16-19H2,1-4H3. The second-order valence-electron chi connectivity index (χ2n) is 9.34. The molecule has 0 aromatic heterocycles. The minimum absolute atomic E-state index is 0.125. The summed E-state index contributed by atoms with van der Waals surface area (Å²) >= 11 is 0. The monoisotopic (exact) mass is 452 g/mol. The van der Waals surface area contributed by atoms with E-state index in [1.165, 1.54) is 41.2 Å². The van der Waals surface area contributed by atoms with Crippen LogP contribution in [0.1, 0.15) is 54.8 Å². The maximum absolute atomic E-state index is 13.2. The first-order chi connectivity index (χ1) is 15.0. The van der Waals surface area contributed by atoms with Crippen LogP contribution < -0.4 is 0 Å². The Labute approximate surface area is 188 Å². The molecule has 6 heteroatoms. The number of amides is 2. The van der Waals surface area contributed by atoms with Gasteiger partial charge < -0.3 is 4.23 Å². The Morgan fingerprint density at radius 3 is 1.68 bits per heavy atom. The summed E-state index contributed by atoms with van der Waals surface area (Å²) in [6, 6.07) is 19.7. The first-order valence-corrected chi connectivity index (χ1v) is 17.3. The Hall–Kier alpha value is -1.77. The average molecular weight is 453 g/mol. The maximum atomic E-state index is 13.2. The lowest BCUT2D eigenvalue weighted by Gasteiger charge is -2.45. The second kappa shape index (κ2) is 8.64. The predicted molar refractivity (Wildman–Crippen MR) is 134 cm³/mol. The number of carbonyl (C=O) groups excluding carboxylic acids is 2. The van der Waals surface area contributed by atoms with Crippen LogP contribution in [0.25, 0.3) is 10.8 Å². The molecule has 2 heterocycles. The number of carbonyl (C=O) groups is 2. The number of imide groups is 1. The van der Waals surface area contributed by atoms with Gasteiger partial charge in [0.05, 0.1) is 0 Å². The van der Waals surface area contributed by atoms with Crippen LogP contribution in [-0.2, 0) is 0 Å². The number of benzene rings is 2. The summed E-state index contributed by atoms with van der Waals surface area (Å²) < 4.78 is 3.04. The van der Waals surface area contributed by atoms with Crippen LogP contribution in [0, 0.1) is 0 Å². The molecular formula is C25H36N2O2Si2. The smallest absolute Gasteiger partial charge is 0.261 e. The highest BCUT2D eigenvalue weighted by Gasteiger charge is 2.53. The Morgan fingerprint density at radius 2 is 1.23 bits per heavy atom. The highest BCUT2D eigenvalue weighted by Crippen LogP contribution is 2.45. The largest absolute Gasteiger partial charge is 0.345 e. The minimum Gasteiger partial charge on any atom is -0.345 e. The van der Waals surface area contributed by atoms with E-state index in [2.05, 4.69) is 31.9 Å². The first kappa shape index (κ1) is 22.4. The van der Waals surface area contributed by atoms with Crippen LogP contribution in [0.3, 0.4) is 0 Å². The molecule has 0 bridgehead atoms. The molecule has 2 aromatic rings. The van der Waals surface area contributed by atoms with E-state index in [1.807, 2.05) is 36.4 Å².